The van der Waals surface area contributed by atoms with Gasteiger partial charge in [0.25, 0.3) is 0 Å². The summed E-state index contributed by atoms with van der Waals surface area (Å²) >= 11 is 0. The summed E-state index contributed by atoms with van der Waals surface area (Å²) < 4.78 is 16.7. The minimum absolute atomic E-state index is 0.114. The predicted molar refractivity (Wildman–Crippen MR) is 274 cm³/mol. The Bertz CT molecular complexity index is 1390. The van der Waals surface area contributed by atoms with E-state index in [4.69, 9.17) is 14.2 Å². The number of hydrogen-bond acceptors (Lipinski definition) is 6. The van der Waals surface area contributed by atoms with Crippen LogP contribution in [0.15, 0.2) is 122 Å². The molecule has 0 saturated heterocycles. The van der Waals surface area contributed by atoms with Gasteiger partial charge in [-0.2, -0.15) is 0 Å². The molecule has 6 heteroatoms. The second-order valence-corrected chi connectivity index (χ2v) is 16.5. The van der Waals surface area contributed by atoms with Crippen molar-refractivity contribution in [2.75, 3.05) is 13.2 Å². The third-order valence-corrected chi connectivity index (χ3v) is 10.4. The van der Waals surface area contributed by atoms with Crippen molar-refractivity contribution in [3.8, 4) is 0 Å². The molecule has 360 valence electrons. The molecule has 0 amide bonds. The van der Waals surface area contributed by atoms with E-state index in [9.17, 15) is 14.4 Å². The van der Waals surface area contributed by atoms with Gasteiger partial charge in [-0.15, -0.1) is 0 Å². The van der Waals surface area contributed by atoms with Crippen molar-refractivity contribution in [3.63, 3.8) is 0 Å². The zero-order chi connectivity index (χ0) is 46.5. The zero-order valence-corrected chi connectivity index (χ0v) is 41.0. The molecule has 0 aliphatic heterocycles. The van der Waals surface area contributed by atoms with Crippen molar-refractivity contribution in [2.45, 2.75) is 213 Å². The van der Waals surface area contributed by atoms with Crippen LogP contribution in [0.2, 0.25) is 0 Å². The summed E-state index contributed by atoms with van der Waals surface area (Å²) in [4.78, 5) is 38.0. The van der Waals surface area contributed by atoms with E-state index in [0.717, 1.165) is 89.9 Å². The van der Waals surface area contributed by atoms with Crippen molar-refractivity contribution >= 4 is 17.9 Å². The number of carbonyl (C=O) groups excluding carboxylic acids is 3. The molecule has 64 heavy (non-hydrogen) atoms. The van der Waals surface area contributed by atoms with Crippen molar-refractivity contribution < 1.29 is 28.6 Å². The van der Waals surface area contributed by atoms with Crippen LogP contribution in [0.5, 0.6) is 0 Å². The van der Waals surface area contributed by atoms with E-state index in [1.54, 1.807) is 0 Å². The molecule has 0 aromatic rings. The van der Waals surface area contributed by atoms with E-state index >= 15 is 0 Å². The van der Waals surface area contributed by atoms with Crippen LogP contribution in [-0.4, -0.2) is 37.2 Å². The van der Waals surface area contributed by atoms with Crippen LogP contribution in [0, 0.1) is 0 Å². The van der Waals surface area contributed by atoms with Crippen LogP contribution in [0.4, 0.5) is 0 Å². The molecule has 0 bridgehead atoms. The molecule has 0 aliphatic carbocycles. The van der Waals surface area contributed by atoms with Gasteiger partial charge in [0.15, 0.2) is 6.10 Å². The first-order valence-electron chi connectivity index (χ1n) is 25.7. The van der Waals surface area contributed by atoms with Crippen molar-refractivity contribution in [3.05, 3.63) is 122 Å². The lowest BCUT2D eigenvalue weighted by molar-refractivity contribution is -0.167. The van der Waals surface area contributed by atoms with E-state index < -0.39 is 6.10 Å². The number of unbranched alkanes of at least 4 members (excludes halogenated alkanes) is 20. The zero-order valence-electron chi connectivity index (χ0n) is 41.0. The van der Waals surface area contributed by atoms with Crippen LogP contribution in [0.25, 0.3) is 0 Å². The van der Waals surface area contributed by atoms with Gasteiger partial charge in [0.2, 0.25) is 0 Å². The lowest BCUT2D eigenvalue weighted by atomic mass is 10.1. The summed E-state index contributed by atoms with van der Waals surface area (Å²) in [6.07, 6.45) is 70.4. The maximum Gasteiger partial charge on any atom is 0.306 e. The highest BCUT2D eigenvalue weighted by atomic mass is 16.6. The molecule has 0 spiro atoms. The molecule has 1 unspecified atom stereocenters. The molecular weight excluding hydrogens is 793 g/mol. The predicted octanol–water partition coefficient (Wildman–Crippen LogP) is 16.9. The molecule has 0 aromatic carbocycles. The highest BCUT2D eigenvalue weighted by molar-refractivity contribution is 5.71. The maximum absolute atomic E-state index is 12.8. The summed E-state index contributed by atoms with van der Waals surface area (Å²) in [5, 5.41) is 0. The largest absolute Gasteiger partial charge is 0.462 e. The first kappa shape index (κ1) is 59.8. The van der Waals surface area contributed by atoms with E-state index in [1.165, 1.54) is 70.6 Å². The van der Waals surface area contributed by atoms with Crippen molar-refractivity contribution in [1.29, 1.82) is 0 Å². The summed E-state index contributed by atoms with van der Waals surface area (Å²) in [5.74, 6) is -1.00. The number of hydrogen-bond donors (Lipinski definition) is 0. The molecule has 0 N–H and O–H groups in total. The molecule has 1 atom stereocenters. The van der Waals surface area contributed by atoms with Gasteiger partial charge in [-0.05, 0) is 83.5 Å². The Morgan fingerprint density at radius 3 is 0.984 bits per heavy atom. The number of rotatable bonds is 44. The molecule has 6 nitrogen and oxygen atoms in total. The fourth-order valence-corrected chi connectivity index (χ4v) is 6.57. The minimum atomic E-state index is -0.819. The molecule has 0 saturated carbocycles. The number of esters is 3. The standard InChI is InChI=1S/C58H92O6/c1-4-7-10-13-16-19-22-25-28-31-33-36-39-42-45-48-51-57(60)63-54-55(64-58(61)52-49-46-43-40-37-34-30-27-24-21-18-15-12-9-6-3)53-62-56(59)50-47-44-41-38-35-32-29-26-23-20-17-14-11-8-5-2/h8-9,11-12,14-15,17-18,20-21,23-24,27-28,30-31,33-34,36-37,55H,4-7,10,13,16,19,22,25-26,29,32,35,38-54H2,1-3H3/b11-8-,12-9-,17-14-,18-15-,23-20-,24-21-,30-27-,31-28-,36-33-,37-34-. The lowest BCUT2D eigenvalue weighted by Crippen LogP contribution is -2.30. The maximum atomic E-state index is 12.8. The molecule has 0 radical (unpaired) electrons. The number of carbonyl (C=O) groups is 3. The second-order valence-electron chi connectivity index (χ2n) is 16.5. The van der Waals surface area contributed by atoms with E-state index in [2.05, 4.69) is 93.7 Å². The van der Waals surface area contributed by atoms with Crippen molar-refractivity contribution in [2.24, 2.45) is 0 Å². The quantitative estimate of drug-likeness (QED) is 0.0262. The fourth-order valence-electron chi connectivity index (χ4n) is 6.57. The highest BCUT2D eigenvalue weighted by Crippen LogP contribution is 2.13. The third kappa shape index (κ3) is 48.8. The molecule has 0 aromatic heterocycles. The molecular formula is C58H92O6. The smallest absolute Gasteiger partial charge is 0.306 e. The minimum Gasteiger partial charge on any atom is -0.462 e. The Morgan fingerprint density at radius 2 is 0.609 bits per heavy atom. The molecule has 0 aliphatic rings. The second kappa shape index (κ2) is 51.4. The van der Waals surface area contributed by atoms with Gasteiger partial charge >= 0.3 is 17.9 Å². The number of ether oxygens (including phenoxy) is 3. The Hall–Kier alpha value is -4.19. The average Bonchev–Trinajstić information content (AvgIpc) is 3.29. The Morgan fingerprint density at radius 1 is 0.328 bits per heavy atom. The molecule has 0 rings (SSSR count). The highest BCUT2D eigenvalue weighted by Gasteiger charge is 2.19. The topological polar surface area (TPSA) is 78.9 Å². The molecule has 0 heterocycles. The van der Waals surface area contributed by atoms with E-state index in [-0.39, 0.29) is 37.5 Å². The Balaban J connectivity index is 4.55. The first-order chi connectivity index (χ1) is 31.5. The van der Waals surface area contributed by atoms with Gasteiger partial charge in [0, 0.05) is 19.3 Å². The Kier molecular flexibility index (Phi) is 48.1. The number of allylic oxidation sites excluding steroid dienone is 20. The van der Waals surface area contributed by atoms with Crippen LogP contribution < -0.4 is 0 Å². The van der Waals surface area contributed by atoms with Crippen molar-refractivity contribution in [1.82, 2.24) is 0 Å². The normalized spacial score (nSPS) is 13.1. The van der Waals surface area contributed by atoms with Gasteiger partial charge < -0.3 is 14.2 Å². The summed E-state index contributed by atoms with van der Waals surface area (Å²) in [7, 11) is 0. The fraction of sp³-hybridized carbons (Fsp3) is 0.603. The average molecular weight is 885 g/mol. The van der Waals surface area contributed by atoms with Gasteiger partial charge in [0.05, 0.1) is 0 Å². The monoisotopic (exact) mass is 885 g/mol. The SMILES string of the molecule is CC\C=C/C=C\C=C/C=C\C=C/CCCCCC(=O)OC(COC(=O)CCCCC/C=C\C=C/CCCCCCCCC)COC(=O)CCCCCCCCC\C=C/C=C\C=C/CC. The van der Waals surface area contributed by atoms with Gasteiger partial charge in [-0.3, -0.25) is 14.4 Å². The van der Waals surface area contributed by atoms with Crippen LogP contribution >= 0.6 is 0 Å². The van der Waals surface area contributed by atoms with Gasteiger partial charge in [-0.25, -0.2) is 0 Å². The summed E-state index contributed by atoms with van der Waals surface area (Å²) in [6.45, 7) is 6.27. The van der Waals surface area contributed by atoms with Crippen LogP contribution in [0.1, 0.15) is 207 Å². The van der Waals surface area contributed by atoms with Crippen LogP contribution in [-0.2, 0) is 28.6 Å². The summed E-state index contributed by atoms with van der Waals surface area (Å²) in [6, 6.07) is 0. The third-order valence-electron chi connectivity index (χ3n) is 10.4. The molecule has 0 fully saturated rings. The van der Waals surface area contributed by atoms with Crippen LogP contribution in [0.3, 0.4) is 0 Å². The summed E-state index contributed by atoms with van der Waals surface area (Å²) in [5.41, 5.74) is 0. The van der Waals surface area contributed by atoms with E-state index in [1.807, 2.05) is 48.6 Å². The Labute approximate surface area is 392 Å². The van der Waals surface area contributed by atoms with E-state index in [0.29, 0.717) is 19.3 Å². The first-order valence-corrected chi connectivity index (χ1v) is 25.7. The van der Waals surface area contributed by atoms with Gasteiger partial charge in [-0.1, -0.05) is 226 Å². The lowest BCUT2D eigenvalue weighted by Gasteiger charge is -2.18. The van der Waals surface area contributed by atoms with Gasteiger partial charge in [0.1, 0.15) is 13.2 Å².